The maximum atomic E-state index is 12.1. The first-order valence-electron chi connectivity index (χ1n) is 10.9. The Labute approximate surface area is 162 Å². The molecule has 150 valence electrons. The molecule has 4 saturated carbocycles. The summed E-state index contributed by atoms with van der Waals surface area (Å²) in [4.78, 5) is 0. The summed E-state index contributed by atoms with van der Waals surface area (Å²) in [6.45, 7) is 4.53. The van der Waals surface area contributed by atoms with Gasteiger partial charge < -0.3 is 19.7 Å². The molecule has 8 atom stereocenters. The molecular weight excluding hydrogens is 340 g/mol. The molecule has 4 nitrogen and oxygen atoms in total. The fourth-order valence-electron chi connectivity index (χ4n) is 8.18. The second kappa shape index (κ2) is 5.61. The van der Waals surface area contributed by atoms with Gasteiger partial charge in [-0.2, -0.15) is 0 Å². The molecule has 3 N–H and O–H groups in total. The van der Waals surface area contributed by atoms with Gasteiger partial charge in [-0.15, -0.1) is 0 Å². The summed E-state index contributed by atoms with van der Waals surface area (Å²) < 4.78 is 5.29. The van der Waals surface area contributed by atoms with Crippen LogP contribution in [0.15, 0.2) is 23.0 Å². The van der Waals surface area contributed by atoms with Gasteiger partial charge in [0.25, 0.3) is 0 Å². The molecule has 0 radical (unpaired) electrons. The fourth-order valence-corrected chi connectivity index (χ4v) is 8.18. The summed E-state index contributed by atoms with van der Waals surface area (Å²) in [5, 5.41) is 34.0. The molecule has 1 aromatic heterocycles. The maximum absolute atomic E-state index is 12.1. The van der Waals surface area contributed by atoms with Crippen molar-refractivity contribution in [3.05, 3.63) is 24.2 Å². The predicted molar refractivity (Wildman–Crippen MR) is 102 cm³/mol. The number of aliphatic hydroxyl groups is 3. The Balaban J connectivity index is 1.52. The monoisotopic (exact) mass is 374 g/mol. The zero-order chi connectivity index (χ0) is 19.1. The third-order valence-electron chi connectivity index (χ3n) is 9.97. The summed E-state index contributed by atoms with van der Waals surface area (Å²) in [6, 6.07) is 1.86. The van der Waals surface area contributed by atoms with E-state index < -0.39 is 16.6 Å². The maximum Gasteiger partial charge on any atom is 0.101 e. The Morgan fingerprint density at radius 2 is 1.78 bits per heavy atom. The lowest BCUT2D eigenvalue weighted by atomic mass is 9.43. The van der Waals surface area contributed by atoms with Gasteiger partial charge in [0, 0.05) is 11.0 Å². The SMILES string of the molecule is C[C@]12CC[C@H](O)C[C@@H]1CC[C@H]1[C@H]2CC[C@]2(C)[C@@](O)(c3ccoc3)CC[C@]12O. The molecule has 0 aliphatic heterocycles. The van der Waals surface area contributed by atoms with E-state index in [1.54, 1.807) is 12.5 Å². The Bertz CT molecular complexity index is 716. The Morgan fingerprint density at radius 1 is 0.963 bits per heavy atom. The van der Waals surface area contributed by atoms with Crippen LogP contribution in [0.4, 0.5) is 0 Å². The zero-order valence-electron chi connectivity index (χ0n) is 16.7. The summed E-state index contributed by atoms with van der Waals surface area (Å²) in [5.41, 5.74) is -1.34. The van der Waals surface area contributed by atoms with Crippen LogP contribution < -0.4 is 0 Å². The minimum absolute atomic E-state index is 0.144. The molecule has 0 saturated heterocycles. The molecule has 4 heteroatoms. The van der Waals surface area contributed by atoms with Gasteiger partial charge in [-0.3, -0.25) is 0 Å². The number of aliphatic hydroxyl groups excluding tert-OH is 1. The molecule has 4 fully saturated rings. The van der Waals surface area contributed by atoms with E-state index in [9.17, 15) is 15.3 Å². The molecule has 0 aromatic carbocycles. The number of rotatable bonds is 1. The van der Waals surface area contributed by atoms with Crippen LogP contribution in [0.3, 0.4) is 0 Å². The normalized spacial score (nSPS) is 54.9. The standard InChI is InChI=1S/C23H34O4/c1-20-8-5-17(24)13-15(20)3-4-19-18(20)6-9-21(2)22(25,10-11-23(19,21)26)16-7-12-27-14-16/h7,12,14-15,17-19,24-26H,3-6,8-11,13H2,1-2H3/t15-,17-,18+,19-,20-,21+,22-,23-/m0/s1. The van der Waals surface area contributed by atoms with E-state index in [0.717, 1.165) is 50.5 Å². The van der Waals surface area contributed by atoms with E-state index in [1.165, 1.54) is 0 Å². The van der Waals surface area contributed by atoms with E-state index in [1.807, 2.05) is 6.07 Å². The molecule has 27 heavy (non-hydrogen) atoms. The molecule has 4 aliphatic carbocycles. The predicted octanol–water partition coefficient (Wildman–Crippen LogP) is 3.99. The van der Waals surface area contributed by atoms with Crippen LogP contribution in [0, 0.1) is 28.6 Å². The highest BCUT2D eigenvalue weighted by atomic mass is 16.3. The molecule has 0 spiro atoms. The van der Waals surface area contributed by atoms with E-state index in [2.05, 4.69) is 13.8 Å². The average molecular weight is 375 g/mol. The summed E-state index contributed by atoms with van der Waals surface area (Å²) in [6.07, 6.45) is 11.3. The van der Waals surface area contributed by atoms with Crippen molar-refractivity contribution >= 4 is 0 Å². The van der Waals surface area contributed by atoms with Crippen molar-refractivity contribution in [2.24, 2.45) is 28.6 Å². The first-order chi connectivity index (χ1) is 12.7. The first kappa shape index (κ1) is 18.2. The second-order valence-electron chi connectivity index (χ2n) is 10.6. The lowest BCUT2D eigenvalue weighted by Gasteiger charge is -2.64. The molecule has 1 heterocycles. The smallest absolute Gasteiger partial charge is 0.101 e. The van der Waals surface area contributed by atoms with Gasteiger partial charge in [-0.25, -0.2) is 0 Å². The first-order valence-corrected chi connectivity index (χ1v) is 10.9. The van der Waals surface area contributed by atoms with E-state index >= 15 is 0 Å². The Kier molecular flexibility index (Phi) is 3.78. The molecular formula is C23H34O4. The minimum Gasteiger partial charge on any atom is -0.472 e. The third-order valence-corrected chi connectivity index (χ3v) is 9.97. The van der Waals surface area contributed by atoms with Crippen LogP contribution in [-0.2, 0) is 5.60 Å². The van der Waals surface area contributed by atoms with Crippen molar-refractivity contribution in [2.75, 3.05) is 0 Å². The highest BCUT2D eigenvalue weighted by Gasteiger charge is 2.72. The number of furan rings is 1. The van der Waals surface area contributed by atoms with Crippen molar-refractivity contribution < 1.29 is 19.7 Å². The van der Waals surface area contributed by atoms with Gasteiger partial charge in [-0.1, -0.05) is 13.8 Å². The van der Waals surface area contributed by atoms with Gasteiger partial charge in [0.15, 0.2) is 0 Å². The molecule has 4 aliphatic rings. The van der Waals surface area contributed by atoms with Crippen LogP contribution in [0.5, 0.6) is 0 Å². The van der Waals surface area contributed by atoms with Gasteiger partial charge in [-0.05, 0) is 87.0 Å². The fraction of sp³-hybridized carbons (Fsp3) is 0.826. The van der Waals surface area contributed by atoms with E-state index in [-0.39, 0.29) is 17.4 Å². The Morgan fingerprint density at radius 3 is 2.52 bits per heavy atom. The summed E-state index contributed by atoms with van der Waals surface area (Å²) in [5.74, 6) is 1.31. The highest BCUT2D eigenvalue weighted by Crippen LogP contribution is 2.71. The number of fused-ring (bicyclic) bond motifs is 5. The lowest BCUT2D eigenvalue weighted by molar-refractivity contribution is -0.238. The topological polar surface area (TPSA) is 73.8 Å². The average Bonchev–Trinajstić information content (AvgIpc) is 3.24. The van der Waals surface area contributed by atoms with Crippen molar-refractivity contribution in [2.45, 2.75) is 88.9 Å². The van der Waals surface area contributed by atoms with Crippen LogP contribution in [0.25, 0.3) is 0 Å². The summed E-state index contributed by atoms with van der Waals surface area (Å²) >= 11 is 0. The van der Waals surface area contributed by atoms with Crippen molar-refractivity contribution in [3.8, 4) is 0 Å². The van der Waals surface area contributed by atoms with Crippen molar-refractivity contribution in [3.63, 3.8) is 0 Å². The van der Waals surface area contributed by atoms with Crippen LogP contribution in [0.1, 0.15) is 77.2 Å². The quantitative estimate of drug-likeness (QED) is 0.695. The molecule has 0 unspecified atom stereocenters. The Hall–Kier alpha value is -0.840. The highest BCUT2D eigenvalue weighted by molar-refractivity contribution is 5.30. The molecule has 0 amide bonds. The summed E-state index contributed by atoms with van der Waals surface area (Å²) in [7, 11) is 0. The van der Waals surface area contributed by atoms with Gasteiger partial charge >= 0.3 is 0 Å². The molecule has 1 aromatic rings. The lowest BCUT2D eigenvalue weighted by Crippen LogP contribution is -2.64. The molecule has 5 rings (SSSR count). The largest absolute Gasteiger partial charge is 0.472 e. The molecule has 0 bridgehead atoms. The van der Waals surface area contributed by atoms with E-state index in [4.69, 9.17) is 4.42 Å². The second-order valence-corrected chi connectivity index (χ2v) is 10.6. The van der Waals surface area contributed by atoms with Crippen LogP contribution in [0.2, 0.25) is 0 Å². The van der Waals surface area contributed by atoms with Crippen LogP contribution in [-0.4, -0.2) is 27.0 Å². The van der Waals surface area contributed by atoms with Crippen molar-refractivity contribution in [1.29, 1.82) is 0 Å². The van der Waals surface area contributed by atoms with E-state index in [0.29, 0.717) is 24.7 Å². The zero-order valence-corrected chi connectivity index (χ0v) is 16.7. The third kappa shape index (κ3) is 2.10. The number of hydrogen-bond acceptors (Lipinski definition) is 4. The van der Waals surface area contributed by atoms with Crippen molar-refractivity contribution in [1.82, 2.24) is 0 Å². The number of hydrogen-bond donors (Lipinski definition) is 3. The van der Waals surface area contributed by atoms with Gasteiger partial charge in [0.1, 0.15) is 5.60 Å². The van der Waals surface area contributed by atoms with Crippen LogP contribution >= 0.6 is 0 Å². The minimum atomic E-state index is -1.01. The van der Waals surface area contributed by atoms with Gasteiger partial charge in [0.05, 0.1) is 24.2 Å². The van der Waals surface area contributed by atoms with Gasteiger partial charge in [0.2, 0.25) is 0 Å².